The molecular weight excluding hydrogens is 164 g/mol. The van der Waals surface area contributed by atoms with Crippen molar-refractivity contribution in [2.45, 2.75) is 20.8 Å². The third-order valence-corrected chi connectivity index (χ3v) is 1.70. The smallest absolute Gasteiger partial charge is 0.140 e. The average Bonchev–Trinajstić information content (AvgIpc) is 2.04. The molecule has 0 atom stereocenters. The first kappa shape index (κ1) is 9.53. The molecule has 0 saturated heterocycles. The van der Waals surface area contributed by atoms with Crippen molar-refractivity contribution in [1.29, 1.82) is 5.26 Å². The Bertz CT molecular complexity index is 353. The molecular formula is C10H12N2O. The summed E-state index contributed by atoms with van der Waals surface area (Å²) in [5.41, 5.74) is 2.14. The molecule has 0 amide bonds. The van der Waals surface area contributed by atoms with Gasteiger partial charge in [0.1, 0.15) is 17.4 Å². The number of hydrogen-bond donors (Lipinski definition) is 0. The van der Waals surface area contributed by atoms with Crippen molar-refractivity contribution in [3.63, 3.8) is 0 Å². The molecule has 0 bridgehead atoms. The molecule has 0 aliphatic heterocycles. The third kappa shape index (κ3) is 1.97. The number of aryl methyl sites for hydroxylation is 2. The minimum absolute atomic E-state index is 0.535. The molecule has 1 heterocycles. The normalized spacial score (nSPS) is 9.38. The van der Waals surface area contributed by atoms with Crippen LogP contribution in [0.4, 0.5) is 0 Å². The van der Waals surface area contributed by atoms with Crippen LogP contribution in [0.5, 0.6) is 5.75 Å². The Balaban J connectivity index is 3.23. The predicted octanol–water partition coefficient (Wildman–Crippen LogP) is 1.97. The lowest BCUT2D eigenvalue weighted by Gasteiger charge is -2.07. The Kier molecular flexibility index (Phi) is 2.86. The number of aromatic nitrogens is 1. The van der Waals surface area contributed by atoms with Gasteiger partial charge in [0, 0.05) is 11.8 Å². The van der Waals surface area contributed by atoms with Gasteiger partial charge in [-0.05, 0) is 20.8 Å². The minimum Gasteiger partial charge on any atom is -0.492 e. The first-order chi connectivity index (χ1) is 6.19. The highest BCUT2D eigenvalue weighted by atomic mass is 16.5. The molecule has 0 aliphatic rings. The zero-order valence-corrected chi connectivity index (χ0v) is 8.09. The molecule has 0 N–H and O–H groups in total. The second-order valence-corrected chi connectivity index (χ2v) is 2.77. The van der Waals surface area contributed by atoms with E-state index in [4.69, 9.17) is 10.00 Å². The van der Waals surface area contributed by atoms with Gasteiger partial charge in [-0.3, -0.25) is 4.98 Å². The summed E-state index contributed by atoms with van der Waals surface area (Å²) in [6.45, 7) is 6.16. The molecule has 0 aromatic carbocycles. The van der Waals surface area contributed by atoms with Gasteiger partial charge >= 0.3 is 0 Å². The van der Waals surface area contributed by atoms with Crippen LogP contribution in [-0.2, 0) is 0 Å². The number of pyridine rings is 1. The van der Waals surface area contributed by atoms with Gasteiger partial charge in [0.05, 0.1) is 12.3 Å². The Hall–Kier alpha value is -1.56. The average molecular weight is 176 g/mol. The van der Waals surface area contributed by atoms with E-state index in [2.05, 4.69) is 11.1 Å². The zero-order valence-electron chi connectivity index (χ0n) is 8.09. The summed E-state index contributed by atoms with van der Waals surface area (Å²) in [5.74, 6) is 0.634. The molecule has 1 rings (SSSR count). The fourth-order valence-corrected chi connectivity index (χ4v) is 1.20. The third-order valence-electron chi connectivity index (χ3n) is 1.70. The van der Waals surface area contributed by atoms with E-state index >= 15 is 0 Å². The van der Waals surface area contributed by atoms with E-state index in [0.29, 0.717) is 17.9 Å². The highest BCUT2D eigenvalue weighted by Gasteiger charge is 2.07. The molecule has 13 heavy (non-hydrogen) atoms. The Morgan fingerprint density at radius 3 is 2.77 bits per heavy atom. The highest BCUT2D eigenvalue weighted by Crippen LogP contribution is 2.20. The fourth-order valence-electron chi connectivity index (χ4n) is 1.20. The summed E-state index contributed by atoms with van der Waals surface area (Å²) in [6, 6.07) is 3.88. The summed E-state index contributed by atoms with van der Waals surface area (Å²) in [6.07, 6.45) is 0. The predicted molar refractivity (Wildman–Crippen MR) is 49.6 cm³/mol. The van der Waals surface area contributed by atoms with E-state index < -0.39 is 0 Å². The van der Waals surface area contributed by atoms with Crippen molar-refractivity contribution in [3.8, 4) is 11.8 Å². The van der Waals surface area contributed by atoms with E-state index in [9.17, 15) is 0 Å². The quantitative estimate of drug-likeness (QED) is 0.692. The molecule has 0 saturated carbocycles. The van der Waals surface area contributed by atoms with Crippen molar-refractivity contribution in [3.05, 3.63) is 23.0 Å². The van der Waals surface area contributed by atoms with Crippen LogP contribution in [0.1, 0.15) is 23.9 Å². The van der Waals surface area contributed by atoms with Crippen LogP contribution in [0.2, 0.25) is 0 Å². The SMILES string of the molecule is CCOc1cc(C)nc(C)c1C#N. The van der Waals surface area contributed by atoms with Gasteiger partial charge in [-0.25, -0.2) is 0 Å². The van der Waals surface area contributed by atoms with Crippen LogP contribution in [0.25, 0.3) is 0 Å². The largest absolute Gasteiger partial charge is 0.492 e. The lowest BCUT2D eigenvalue weighted by molar-refractivity contribution is 0.338. The van der Waals surface area contributed by atoms with Crippen LogP contribution in [-0.4, -0.2) is 11.6 Å². The number of nitrogens with zero attached hydrogens (tertiary/aromatic N) is 2. The van der Waals surface area contributed by atoms with Gasteiger partial charge in [-0.15, -0.1) is 0 Å². The highest BCUT2D eigenvalue weighted by molar-refractivity contribution is 5.46. The van der Waals surface area contributed by atoms with E-state index in [-0.39, 0.29) is 0 Å². The molecule has 0 aliphatic carbocycles. The van der Waals surface area contributed by atoms with E-state index in [0.717, 1.165) is 11.4 Å². The van der Waals surface area contributed by atoms with Gasteiger partial charge in [0.25, 0.3) is 0 Å². The molecule has 1 aromatic heterocycles. The number of rotatable bonds is 2. The molecule has 0 spiro atoms. The van der Waals surface area contributed by atoms with Crippen LogP contribution in [0.15, 0.2) is 6.07 Å². The van der Waals surface area contributed by atoms with E-state index in [1.165, 1.54) is 0 Å². The summed E-state index contributed by atoms with van der Waals surface area (Å²) >= 11 is 0. The van der Waals surface area contributed by atoms with Crippen molar-refractivity contribution < 1.29 is 4.74 Å². The standard InChI is InChI=1S/C10H12N2O/c1-4-13-10-5-7(2)12-8(3)9(10)6-11/h5H,4H2,1-3H3. The second-order valence-electron chi connectivity index (χ2n) is 2.77. The second kappa shape index (κ2) is 3.90. The van der Waals surface area contributed by atoms with Crippen molar-refractivity contribution in [2.75, 3.05) is 6.61 Å². The Morgan fingerprint density at radius 1 is 1.54 bits per heavy atom. The van der Waals surface area contributed by atoms with E-state index in [1.807, 2.05) is 20.8 Å². The first-order valence-corrected chi connectivity index (χ1v) is 4.20. The van der Waals surface area contributed by atoms with Crippen LogP contribution in [0, 0.1) is 25.2 Å². The zero-order chi connectivity index (χ0) is 9.84. The Morgan fingerprint density at radius 2 is 2.23 bits per heavy atom. The van der Waals surface area contributed by atoms with Gasteiger partial charge in [-0.2, -0.15) is 5.26 Å². The van der Waals surface area contributed by atoms with Crippen molar-refractivity contribution >= 4 is 0 Å². The minimum atomic E-state index is 0.535. The maximum absolute atomic E-state index is 8.85. The topological polar surface area (TPSA) is 45.9 Å². The van der Waals surface area contributed by atoms with Gasteiger partial charge in [0.15, 0.2) is 0 Å². The lowest BCUT2D eigenvalue weighted by Crippen LogP contribution is -1.99. The summed E-state index contributed by atoms with van der Waals surface area (Å²) in [5, 5.41) is 8.85. The van der Waals surface area contributed by atoms with Crippen LogP contribution < -0.4 is 4.74 Å². The number of ether oxygens (including phenoxy) is 1. The van der Waals surface area contributed by atoms with Crippen LogP contribution >= 0.6 is 0 Å². The van der Waals surface area contributed by atoms with Gasteiger partial charge in [0.2, 0.25) is 0 Å². The van der Waals surface area contributed by atoms with Gasteiger partial charge in [-0.1, -0.05) is 0 Å². The summed E-state index contributed by atoms with van der Waals surface area (Å²) in [7, 11) is 0. The number of nitriles is 1. The molecule has 1 aromatic rings. The fraction of sp³-hybridized carbons (Fsp3) is 0.400. The maximum Gasteiger partial charge on any atom is 0.140 e. The molecule has 0 radical (unpaired) electrons. The molecule has 0 unspecified atom stereocenters. The molecule has 3 nitrogen and oxygen atoms in total. The molecule has 3 heteroatoms. The summed E-state index contributed by atoms with van der Waals surface area (Å²) in [4.78, 5) is 4.18. The number of hydrogen-bond acceptors (Lipinski definition) is 3. The summed E-state index contributed by atoms with van der Waals surface area (Å²) < 4.78 is 5.33. The van der Waals surface area contributed by atoms with Crippen molar-refractivity contribution in [1.82, 2.24) is 4.98 Å². The van der Waals surface area contributed by atoms with E-state index in [1.54, 1.807) is 6.07 Å². The first-order valence-electron chi connectivity index (χ1n) is 4.20. The Labute approximate surface area is 78.0 Å². The molecule has 68 valence electrons. The molecule has 0 fully saturated rings. The van der Waals surface area contributed by atoms with Crippen LogP contribution in [0.3, 0.4) is 0 Å². The maximum atomic E-state index is 8.85. The lowest BCUT2D eigenvalue weighted by atomic mass is 10.2. The monoisotopic (exact) mass is 176 g/mol. The van der Waals surface area contributed by atoms with Gasteiger partial charge < -0.3 is 4.74 Å². The van der Waals surface area contributed by atoms with Crippen molar-refractivity contribution in [2.24, 2.45) is 0 Å².